The molecule has 0 aliphatic rings. The molecule has 104 valence electrons. The lowest BCUT2D eigenvalue weighted by Crippen LogP contribution is -2.46. The molecule has 0 heterocycles. The van der Waals surface area contributed by atoms with Crippen LogP contribution < -0.4 is 0 Å². The molecule has 0 aromatic carbocycles. The van der Waals surface area contributed by atoms with Crippen molar-refractivity contribution in [3.05, 3.63) is 0 Å². The molecule has 0 spiro atoms. The number of esters is 1. The fourth-order valence-electron chi connectivity index (χ4n) is 1.10. The number of hydrogen-bond acceptors (Lipinski definition) is 7. The smallest absolute Gasteiger partial charge is 0.339 e. The first-order chi connectivity index (χ1) is 8.25. The van der Waals surface area contributed by atoms with Crippen molar-refractivity contribution in [2.75, 3.05) is 13.2 Å². The van der Waals surface area contributed by atoms with Crippen molar-refractivity contribution in [3.63, 3.8) is 0 Å². The number of aliphatic carboxylic acids is 2. The van der Waals surface area contributed by atoms with E-state index in [9.17, 15) is 19.5 Å². The summed E-state index contributed by atoms with van der Waals surface area (Å²) in [5, 5.41) is 44.0. The quantitative estimate of drug-likeness (QED) is 0.300. The van der Waals surface area contributed by atoms with Gasteiger partial charge in [-0.15, -0.1) is 0 Å². The van der Waals surface area contributed by atoms with Crippen molar-refractivity contribution in [1.29, 1.82) is 0 Å². The van der Waals surface area contributed by atoms with Crippen LogP contribution in [0.2, 0.25) is 0 Å². The Morgan fingerprint density at radius 3 is 1.67 bits per heavy atom. The molecule has 0 rings (SSSR count). The minimum atomic E-state index is -2.75. The van der Waals surface area contributed by atoms with Crippen molar-refractivity contribution >= 4 is 17.9 Å². The molecule has 9 heteroatoms. The number of ether oxygens (including phenoxy) is 1. The van der Waals surface area contributed by atoms with Gasteiger partial charge in [0.05, 0.1) is 26.1 Å². The van der Waals surface area contributed by atoms with Crippen LogP contribution in [-0.2, 0) is 19.1 Å². The topological polar surface area (TPSA) is 162 Å². The molecule has 0 fully saturated rings. The minimum absolute atomic E-state index is 0.752. The van der Waals surface area contributed by atoms with Gasteiger partial charge in [0.25, 0.3) is 0 Å². The molecule has 0 radical (unpaired) electrons. The molecule has 0 amide bonds. The van der Waals surface area contributed by atoms with Gasteiger partial charge in [-0.2, -0.15) is 0 Å². The van der Waals surface area contributed by atoms with E-state index in [2.05, 4.69) is 4.74 Å². The van der Waals surface area contributed by atoms with Crippen LogP contribution in [0.5, 0.6) is 0 Å². The Morgan fingerprint density at radius 2 is 1.39 bits per heavy atom. The second-order valence-corrected chi connectivity index (χ2v) is 3.57. The maximum Gasteiger partial charge on any atom is 0.339 e. The number of hydrogen-bond donors (Lipinski definition) is 5. The zero-order valence-electron chi connectivity index (χ0n) is 9.27. The Labute approximate surface area is 101 Å². The van der Waals surface area contributed by atoms with E-state index in [0.717, 1.165) is 0 Å². The number of aliphatic hydroxyl groups is 3. The number of carboxylic acid groups (broad SMARTS) is 2. The summed E-state index contributed by atoms with van der Waals surface area (Å²) in [6.45, 7) is -1.50. The van der Waals surface area contributed by atoms with Gasteiger partial charge >= 0.3 is 17.9 Å². The lowest BCUT2D eigenvalue weighted by Gasteiger charge is -2.24. The van der Waals surface area contributed by atoms with Crippen molar-refractivity contribution in [2.45, 2.75) is 24.5 Å². The maximum atomic E-state index is 11.4. The van der Waals surface area contributed by atoms with Crippen LogP contribution in [0.3, 0.4) is 0 Å². The van der Waals surface area contributed by atoms with E-state index in [4.69, 9.17) is 20.4 Å². The van der Waals surface area contributed by atoms with Crippen molar-refractivity contribution < 1.29 is 44.7 Å². The summed E-state index contributed by atoms with van der Waals surface area (Å²) in [7, 11) is 0. The Hall–Kier alpha value is -1.71. The summed E-state index contributed by atoms with van der Waals surface area (Å²) in [6, 6.07) is 0. The highest BCUT2D eigenvalue weighted by Crippen LogP contribution is 2.19. The van der Waals surface area contributed by atoms with Gasteiger partial charge in [-0.25, -0.2) is 4.79 Å². The third-order valence-electron chi connectivity index (χ3n) is 1.95. The van der Waals surface area contributed by atoms with Gasteiger partial charge in [-0.3, -0.25) is 9.59 Å². The van der Waals surface area contributed by atoms with Crippen LogP contribution in [0.1, 0.15) is 12.8 Å². The summed E-state index contributed by atoms with van der Waals surface area (Å²) in [4.78, 5) is 32.4. The highest BCUT2D eigenvalue weighted by molar-refractivity contribution is 5.89. The molecule has 0 saturated heterocycles. The van der Waals surface area contributed by atoms with Gasteiger partial charge in [0, 0.05) is 0 Å². The van der Waals surface area contributed by atoms with E-state index in [0.29, 0.717) is 0 Å². The van der Waals surface area contributed by atoms with E-state index >= 15 is 0 Å². The van der Waals surface area contributed by atoms with Crippen molar-refractivity contribution in [2.24, 2.45) is 0 Å². The molecular weight excluding hydrogens is 252 g/mol. The average Bonchev–Trinajstić information content (AvgIpc) is 2.22. The lowest BCUT2D eigenvalue weighted by atomic mass is 9.95. The average molecular weight is 266 g/mol. The van der Waals surface area contributed by atoms with Gasteiger partial charge in [0.2, 0.25) is 0 Å². The van der Waals surface area contributed by atoms with Crippen LogP contribution in [0.15, 0.2) is 0 Å². The molecular formula is C9H14O9. The maximum absolute atomic E-state index is 11.4. The van der Waals surface area contributed by atoms with Crippen LogP contribution in [0, 0.1) is 0 Å². The number of carboxylic acids is 2. The second-order valence-electron chi connectivity index (χ2n) is 3.57. The lowest BCUT2D eigenvalue weighted by molar-refractivity contribution is -0.182. The molecule has 9 nitrogen and oxygen atoms in total. The van der Waals surface area contributed by atoms with Gasteiger partial charge in [-0.1, -0.05) is 0 Å². The van der Waals surface area contributed by atoms with Gasteiger partial charge in [0.1, 0.15) is 6.10 Å². The fourth-order valence-corrected chi connectivity index (χ4v) is 1.10. The van der Waals surface area contributed by atoms with Gasteiger partial charge < -0.3 is 30.3 Å². The van der Waals surface area contributed by atoms with Crippen LogP contribution >= 0.6 is 0 Å². The monoisotopic (exact) mass is 266 g/mol. The van der Waals surface area contributed by atoms with Gasteiger partial charge in [0.15, 0.2) is 5.60 Å². The first kappa shape index (κ1) is 16.3. The number of carbonyl (C=O) groups excluding carboxylic acids is 1. The van der Waals surface area contributed by atoms with Crippen LogP contribution in [-0.4, -0.2) is 68.4 Å². The highest BCUT2D eigenvalue weighted by atomic mass is 16.6. The summed E-state index contributed by atoms with van der Waals surface area (Å²) in [5.41, 5.74) is -2.75. The summed E-state index contributed by atoms with van der Waals surface area (Å²) >= 11 is 0. The number of rotatable bonds is 8. The molecule has 5 N–H and O–H groups in total. The van der Waals surface area contributed by atoms with Crippen molar-refractivity contribution in [3.8, 4) is 0 Å². The Bertz CT molecular complexity index is 304. The van der Waals surface area contributed by atoms with E-state index in [1.165, 1.54) is 0 Å². The molecule has 0 saturated carbocycles. The van der Waals surface area contributed by atoms with E-state index in [1.54, 1.807) is 0 Å². The predicted octanol–water partition coefficient (Wildman–Crippen LogP) is -2.44. The molecule has 0 aromatic heterocycles. The van der Waals surface area contributed by atoms with Crippen molar-refractivity contribution in [1.82, 2.24) is 0 Å². The van der Waals surface area contributed by atoms with Crippen LogP contribution in [0.25, 0.3) is 0 Å². The standard InChI is InChI=1S/C9H14O9/c10-3-5(4-11)18-8(16)9(17,1-6(12)13)2-7(14)15/h5,10-11,17H,1-4H2,(H,12,13)(H,14,15). The normalized spacial score (nSPS) is 11.3. The molecule has 0 aliphatic carbocycles. The fraction of sp³-hybridized carbons (Fsp3) is 0.667. The molecule has 0 atom stereocenters. The highest BCUT2D eigenvalue weighted by Gasteiger charge is 2.43. The summed E-state index contributed by atoms with van der Waals surface area (Å²) in [5.74, 6) is -4.72. The summed E-state index contributed by atoms with van der Waals surface area (Å²) in [6.07, 6.45) is -3.68. The Morgan fingerprint density at radius 1 is 1.00 bits per heavy atom. The first-order valence-corrected chi connectivity index (χ1v) is 4.84. The first-order valence-electron chi connectivity index (χ1n) is 4.84. The second kappa shape index (κ2) is 6.89. The molecule has 0 aromatic rings. The van der Waals surface area contributed by atoms with E-state index < -0.39 is 55.7 Å². The number of carbonyl (C=O) groups is 3. The summed E-state index contributed by atoms with van der Waals surface area (Å²) < 4.78 is 4.40. The largest absolute Gasteiger partial charge is 0.481 e. The third kappa shape index (κ3) is 5.08. The third-order valence-corrected chi connectivity index (χ3v) is 1.95. The van der Waals surface area contributed by atoms with E-state index in [-0.39, 0.29) is 0 Å². The zero-order chi connectivity index (χ0) is 14.3. The molecule has 0 aliphatic heterocycles. The van der Waals surface area contributed by atoms with E-state index in [1.807, 2.05) is 0 Å². The predicted molar refractivity (Wildman–Crippen MR) is 53.5 cm³/mol. The molecule has 18 heavy (non-hydrogen) atoms. The van der Waals surface area contributed by atoms with Crippen LogP contribution in [0.4, 0.5) is 0 Å². The zero-order valence-corrected chi connectivity index (χ0v) is 9.27. The number of aliphatic hydroxyl groups excluding tert-OH is 2. The molecule has 0 unspecified atom stereocenters. The molecule has 0 bridgehead atoms. The minimum Gasteiger partial charge on any atom is -0.481 e. The SMILES string of the molecule is O=C(O)CC(O)(CC(=O)O)C(=O)OC(CO)CO. The Kier molecular flexibility index (Phi) is 6.23. The van der Waals surface area contributed by atoms with Gasteiger partial charge in [-0.05, 0) is 0 Å². The Balaban J connectivity index is 4.89.